The van der Waals surface area contributed by atoms with E-state index in [-0.39, 0.29) is 25.4 Å². The Kier molecular flexibility index (Phi) is 6.52. The van der Waals surface area contributed by atoms with Crippen LogP contribution in [0.15, 0.2) is 42.6 Å². The summed E-state index contributed by atoms with van der Waals surface area (Å²) >= 11 is 5.89. The maximum atomic E-state index is 12.2. The highest BCUT2D eigenvalue weighted by Gasteiger charge is 2.19. The molecular formula is C17H20ClN3O3S. The Hall–Kier alpha value is -1.96. The summed E-state index contributed by atoms with van der Waals surface area (Å²) in [7, 11) is -3.45. The monoisotopic (exact) mass is 381 g/mol. The van der Waals surface area contributed by atoms with E-state index in [1.165, 1.54) is 4.31 Å². The van der Waals surface area contributed by atoms with Crippen LogP contribution in [0.1, 0.15) is 17.7 Å². The van der Waals surface area contributed by atoms with Crippen molar-refractivity contribution in [2.24, 2.45) is 0 Å². The molecule has 1 N–H and O–H groups in total. The van der Waals surface area contributed by atoms with Crippen LogP contribution in [-0.4, -0.2) is 36.4 Å². The fourth-order valence-corrected chi connectivity index (χ4v) is 3.26. The number of carbonyl (C=O) groups is 1. The number of pyridine rings is 1. The third kappa shape index (κ3) is 6.12. The van der Waals surface area contributed by atoms with E-state index in [9.17, 15) is 13.2 Å². The molecule has 2 rings (SSSR count). The van der Waals surface area contributed by atoms with Crippen molar-refractivity contribution in [1.29, 1.82) is 0 Å². The van der Waals surface area contributed by atoms with Crippen LogP contribution in [-0.2, 0) is 21.4 Å². The van der Waals surface area contributed by atoms with E-state index < -0.39 is 10.0 Å². The Morgan fingerprint density at radius 2 is 2.04 bits per heavy atom. The molecule has 0 aliphatic rings. The van der Waals surface area contributed by atoms with Gasteiger partial charge in [-0.25, -0.2) is 8.42 Å². The molecule has 8 heteroatoms. The van der Waals surface area contributed by atoms with Gasteiger partial charge in [-0.3, -0.25) is 9.78 Å². The highest BCUT2D eigenvalue weighted by molar-refractivity contribution is 7.88. The van der Waals surface area contributed by atoms with E-state index in [1.54, 1.807) is 42.6 Å². The van der Waals surface area contributed by atoms with Crippen molar-refractivity contribution in [3.63, 3.8) is 0 Å². The number of aromatic nitrogens is 1. The van der Waals surface area contributed by atoms with E-state index >= 15 is 0 Å². The van der Waals surface area contributed by atoms with Gasteiger partial charge in [0.25, 0.3) is 0 Å². The molecule has 0 spiro atoms. The second-order valence-corrected chi connectivity index (χ2v) is 8.09. The summed E-state index contributed by atoms with van der Waals surface area (Å²) in [6.45, 7) is 2.05. The number of amides is 1. The third-order valence-corrected chi connectivity index (χ3v) is 5.07. The van der Waals surface area contributed by atoms with Gasteiger partial charge < -0.3 is 5.32 Å². The van der Waals surface area contributed by atoms with Crippen molar-refractivity contribution in [2.75, 3.05) is 18.1 Å². The Labute approximate surface area is 152 Å². The number of carbonyl (C=O) groups excluding carboxylic acids is 1. The average Bonchev–Trinajstić information content (AvgIpc) is 2.54. The molecule has 1 aromatic carbocycles. The first-order valence-corrected chi connectivity index (χ1v) is 9.89. The molecule has 6 nitrogen and oxygen atoms in total. The average molecular weight is 382 g/mol. The Morgan fingerprint density at radius 1 is 1.28 bits per heavy atom. The predicted octanol–water partition coefficient (Wildman–Crippen LogP) is 2.83. The van der Waals surface area contributed by atoms with E-state index in [4.69, 9.17) is 11.6 Å². The summed E-state index contributed by atoms with van der Waals surface area (Å²) in [5.74, 6) is -0.264. The van der Waals surface area contributed by atoms with Gasteiger partial charge in [0, 0.05) is 29.9 Å². The molecule has 0 atom stereocenters. The van der Waals surface area contributed by atoms with Crippen molar-refractivity contribution >= 4 is 33.2 Å². The highest BCUT2D eigenvalue weighted by Crippen LogP contribution is 2.19. The van der Waals surface area contributed by atoms with Crippen LogP contribution in [0.3, 0.4) is 0 Å². The standard InChI is InChI=1S/C17H20ClN3O3S/c1-13-11-14(18)6-7-16(13)20-17(22)8-10-21(25(2,23)24)12-15-5-3-4-9-19-15/h3-7,9,11H,8,10,12H2,1-2H3,(H,20,22). The van der Waals surface area contributed by atoms with Crippen molar-refractivity contribution in [3.8, 4) is 0 Å². The molecule has 1 aromatic heterocycles. The lowest BCUT2D eigenvalue weighted by molar-refractivity contribution is -0.116. The molecule has 0 fully saturated rings. The van der Waals surface area contributed by atoms with Crippen LogP contribution in [0.4, 0.5) is 5.69 Å². The molecular weight excluding hydrogens is 362 g/mol. The second kappa shape index (κ2) is 8.42. The van der Waals surface area contributed by atoms with E-state index in [2.05, 4.69) is 10.3 Å². The second-order valence-electron chi connectivity index (χ2n) is 5.68. The van der Waals surface area contributed by atoms with Gasteiger partial charge in [-0.1, -0.05) is 17.7 Å². The molecule has 1 heterocycles. The zero-order chi connectivity index (χ0) is 18.4. The topological polar surface area (TPSA) is 79.4 Å². The summed E-state index contributed by atoms with van der Waals surface area (Å²) < 4.78 is 25.1. The Morgan fingerprint density at radius 3 is 2.64 bits per heavy atom. The van der Waals surface area contributed by atoms with Crippen LogP contribution in [0.5, 0.6) is 0 Å². The van der Waals surface area contributed by atoms with E-state index in [0.29, 0.717) is 16.4 Å². The van der Waals surface area contributed by atoms with Crippen LogP contribution >= 0.6 is 11.6 Å². The lowest BCUT2D eigenvalue weighted by atomic mass is 10.2. The van der Waals surface area contributed by atoms with Gasteiger partial charge in [0.2, 0.25) is 15.9 Å². The molecule has 1 amide bonds. The zero-order valence-electron chi connectivity index (χ0n) is 14.1. The summed E-state index contributed by atoms with van der Waals surface area (Å²) in [5.41, 5.74) is 2.13. The Bertz CT molecular complexity index is 841. The number of halogens is 1. The fraction of sp³-hybridized carbons (Fsp3) is 0.294. The largest absolute Gasteiger partial charge is 0.326 e. The lowest BCUT2D eigenvalue weighted by Gasteiger charge is -2.19. The number of hydrogen-bond donors (Lipinski definition) is 1. The summed E-state index contributed by atoms with van der Waals surface area (Å²) in [4.78, 5) is 16.3. The first kappa shape index (κ1) is 19.4. The van der Waals surface area contributed by atoms with Gasteiger partial charge in [-0.05, 0) is 42.8 Å². The minimum atomic E-state index is -3.45. The Balaban J connectivity index is 1.99. The van der Waals surface area contributed by atoms with Crippen molar-refractivity contribution < 1.29 is 13.2 Å². The fourth-order valence-electron chi connectivity index (χ4n) is 2.24. The molecule has 134 valence electrons. The van der Waals surface area contributed by atoms with Crippen molar-refractivity contribution in [3.05, 3.63) is 58.9 Å². The zero-order valence-corrected chi connectivity index (χ0v) is 15.6. The molecule has 0 saturated carbocycles. The third-order valence-electron chi connectivity index (χ3n) is 3.58. The molecule has 0 saturated heterocycles. The predicted molar refractivity (Wildman–Crippen MR) is 98.9 cm³/mol. The minimum absolute atomic E-state index is 0.0436. The van der Waals surface area contributed by atoms with Gasteiger partial charge in [0.05, 0.1) is 18.5 Å². The first-order valence-electron chi connectivity index (χ1n) is 7.67. The SMILES string of the molecule is Cc1cc(Cl)ccc1NC(=O)CCN(Cc1ccccn1)S(C)(=O)=O. The van der Waals surface area contributed by atoms with Crippen molar-refractivity contribution in [2.45, 2.75) is 19.9 Å². The number of hydrogen-bond acceptors (Lipinski definition) is 4. The number of anilines is 1. The summed E-state index contributed by atoms with van der Waals surface area (Å²) in [5, 5.41) is 3.37. The quantitative estimate of drug-likeness (QED) is 0.799. The number of aryl methyl sites for hydroxylation is 1. The minimum Gasteiger partial charge on any atom is -0.326 e. The van der Waals surface area contributed by atoms with Crippen LogP contribution in [0, 0.1) is 6.92 Å². The summed E-state index contributed by atoms with van der Waals surface area (Å²) in [6.07, 6.45) is 2.77. The number of benzene rings is 1. The van der Waals surface area contributed by atoms with Gasteiger partial charge in [0.1, 0.15) is 0 Å². The smallest absolute Gasteiger partial charge is 0.225 e. The van der Waals surface area contributed by atoms with Crippen LogP contribution in [0.2, 0.25) is 5.02 Å². The van der Waals surface area contributed by atoms with Crippen molar-refractivity contribution in [1.82, 2.24) is 9.29 Å². The molecule has 2 aromatic rings. The number of sulfonamides is 1. The van der Waals surface area contributed by atoms with Crippen LogP contribution in [0.25, 0.3) is 0 Å². The van der Waals surface area contributed by atoms with Gasteiger partial charge in [0.15, 0.2) is 0 Å². The number of nitrogens with one attached hydrogen (secondary N) is 1. The van der Waals surface area contributed by atoms with Gasteiger partial charge in [-0.2, -0.15) is 4.31 Å². The first-order chi connectivity index (χ1) is 11.8. The maximum absolute atomic E-state index is 12.2. The van der Waals surface area contributed by atoms with E-state index in [1.807, 2.05) is 6.92 Å². The number of rotatable bonds is 7. The maximum Gasteiger partial charge on any atom is 0.225 e. The van der Waals surface area contributed by atoms with Crippen LogP contribution < -0.4 is 5.32 Å². The summed E-state index contributed by atoms with van der Waals surface area (Å²) in [6, 6.07) is 10.5. The molecule has 0 radical (unpaired) electrons. The van der Waals surface area contributed by atoms with E-state index in [0.717, 1.165) is 11.8 Å². The molecule has 0 unspecified atom stereocenters. The molecule has 0 aliphatic heterocycles. The number of nitrogens with zero attached hydrogens (tertiary/aromatic N) is 2. The van der Waals surface area contributed by atoms with Gasteiger partial charge >= 0.3 is 0 Å². The molecule has 0 bridgehead atoms. The normalized spacial score (nSPS) is 11.5. The lowest BCUT2D eigenvalue weighted by Crippen LogP contribution is -2.33. The highest BCUT2D eigenvalue weighted by atomic mass is 35.5. The molecule has 0 aliphatic carbocycles. The van der Waals surface area contributed by atoms with Gasteiger partial charge in [-0.15, -0.1) is 0 Å². The molecule has 25 heavy (non-hydrogen) atoms.